The van der Waals surface area contributed by atoms with E-state index in [-0.39, 0.29) is 11.7 Å². The summed E-state index contributed by atoms with van der Waals surface area (Å²) in [6.07, 6.45) is 6.28. The van der Waals surface area contributed by atoms with E-state index in [4.69, 9.17) is 10.9 Å². The number of nitrogens with two attached hydrogens (primary N) is 1. The minimum atomic E-state index is -0.712. The summed E-state index contributed by atoms with van der Waals surface area (Å²) in [5, 5.41) is 14.6. The van der Waals surface area contributed by atoms with Crippen LogP contribution < -0.4 is 11.1 Å². The Morgan fingerprint density at radius 3 is 2.50 bits per heavy atom. The van der Waals surface area contributed by atoms with Crippen molar-refractivity contribution < 1.29 is 10.0 Å². The largest absolute Gasteiger partial charge is 0.409 e. The first-order valence-corrected chi connectivity index (χ1v) is 6.85. The fraction of sp³-hybridized carbons (Fsp3) is 0.846. The van der Waals surface area contributed by atoms with Crippen LogP contribution in [0, 0.1) is 17.3 Å². The summed E-state index contributed by atoms with van der Waals surface area (Å²) in [6.45, 7) is 3.01. The van der Waals surface area contributed by atoms with Gasteiger partial charge in [0, 0.05) is 6.54 Å². The highest BCUT2D eigenvalue weighted by atomic mass is 16.4. The molecule has 2 aliphatic rings. The van der Waals surface area contributed by atoms with Crippen molar-refractivity contribution in [1.29, 1.82) is 0 Å². The smallest absolute Gasteiger partial charge is 0.233 e. The Bertz CT molecular complexity index is 342. The van der Waals surface area contributed by atoms with Crippen LogP contribution in [0.5, 0.6) is 0 Å². The predicted molar refractivity (Wildman–Crippen MR) is 69.2 cm³/mol. The molecule has 5 nitrogen and oxygen atoms in total. The van der Waals surface area contributed by atoms with Crippen LogP contribution in [0.15, 0.2) is 5.16 Å². The summed E-state index contributed by atoms with van der Waals surface area (Å²) in [5.74, 6) is 1.39. The Balaban J connectivity index is 1.79. The maximum atomic E-state index is 12.1. The molecule has 0 saturated heterocycles. The minimum absolute atomic E-state index is 0.0530. The lowest BCUT2D eigenvalue weighted by Gasteiger charge is -2.26. The zero-order valence-electron chi connectivity index (χ0n) is 11.0. The third-order valence-corrected chi connectivity index (χ3v) is 4.47. The third-order valence-electron chi connectivity index (χ3n) is 4.47. The summed E-state index contributed by atoms with van der Waals surface area (Å²) in [7, 11) is 0. The molecule has 1 amide bonds. The Morgan fingerprint density at radius 1 is 1.39 bits per heavy atom. The van der Waals surface area contributed by atoms with Gasteiger partial charge in [-0.2, -0.15) is 0 Å². The van der Waals surface area contributed by atoms with Crippen LogP contribution in [-0.2, 0) is 4.79 Å². The van der Waals surface area contributed by atoms with Gasteiger partial charge in [0.15, 0.2) is 5.84 Å². The maximum absolute atomic E-state index is 12.1. The number of nitrogens with zero attached hydrogens (tertiary/aromatic N) is 1. The molecule has 0 radical (unpaired) electrons. The van der Waals surface area contributed by atoms with Crippen LogP contribution in [0.3, 0.4) is 0 Å². The molecule has 2 aliphatic carbocycles. The number of hydrogen-bond acceptors (Lipinski definition) is 3. The monoisotopic (exact) mass is 253 g/mol. The van der Waals surface area contributed by atoms with Gasteiger partial charge in [-0.1, -0.05) is 24.9 Å². The molecule has 0 aromatic carbocycles. The molecule has 0 spiro atoms. The van der Waals surface area contributed by atoms with Gasteiger partial charge >= 0.3 is 0 Å². The molecule has 0 atom stereocenters. The van der Waals surface area contributed by atoms with Crippen molar-refractivity contribution in [2.45, 2.75) is 45.4 Å². The van der Waals surface area contributed by atoms with Crippen molar-refractivity contribution in [3.05, 3.63) is 0 Å². The Kier molecular flexibility index (Phi) is 3.78. The predicted octanol–water partition coefficient (Wildman–Crippen LogP) is 1.46. The normalized spacial score (nSPS) is 30.8. The zero-order chi connectivity index (χ0) is 13.2. The fourth-order valence-electron chi connectivity index (χ4n) is 2.76. The molecular formula is C13H23N3O2. The van der Waals surface area contributed by atoms with Gasteiger partial charge in [0.25, 0.3) is 0 Å². The van der Waals surface area contributed by atoms with Gasteiger partial charge in [-0.05, 0) is 37.5 Å². The van der Waals surface area contributed by atoms with Crippen LogP contribution in [0.4, 0.5) is 0 Å². The van der Waals surface area contributed by atoms with Crippen molar-refractivity contribution in [2.24, 2.45) is 28.1 Å². The van der Waals surface area contributed by atoms with E-state index in [0.717, 1.165) is 12.5 Å². The van der Waals surface area contributed by atoms with Crippen molar-refractivity contribution in [1.82, 2.24) is 5.32 Å². The van der Waals surface area contributed by atoms with E-state index < -0.39 is 5.41 Å². The van der Waals surface area contributed by atoms with Crippen molar-refractivity contribution >= 4 is 11.7 Å². The highest BCUT2D eigenvalue weighted by Gasteiger charge is 2.54. The number of amides is 1. The van der Waals surface area contributed by atoms with Crippen molar-refractivity contribution in [3.8, 4) is 0 Å². The number of carbonyl (C=O) groups excluding carboxylic acids is 1. The highest BCUT2D eigenvalue weighted by Crippen LogP contribution is 2.46. The lowest BCUT2D eigenvalue weighted by atomic mass is 9.83. The first kappa shape index (κ1) is 13.2. The third kappa shape index (κ3) is 2.60. The second-order valence-electron chi connectivity index (χ2n) is 5.90. The van der Waals surface area contributed by atoms with E-state index in [1.807, 2.05) is 0 Å². The van der Waals surface area contributed by atoms with Gasteiger partial charge in [0.1, 0.15) is 5.41 Å². The average Bonchev–Trinajstić information content (AvgIpc) is 3.18. The fourth-order valence-corrected chi connectivity index (χ4v) is 2.76. The van der Waals surface area contributed by atoms with E-state index >= 15 is 0 Å². The van der Waals surface area contributed by atoms with Crippen LogP contribution in [0.1, 0.15) is 45.4 Å². The number of oxime groups is 1. The van der Waals surface area contributed by atoms with Crippen LogP contribution in [-0.4, -0.2) is 23.5 Å². The van der Waals surface area contributed by atoms with E-state index in [2.05, 4.69) is 17.4 Å². The second-order valence-corrected chi connectivity index (χ2v) is 5.90. The van der Waals surface area contributed by atoms with Crippen molar-refractivity contribution in [2.75, 3.05) is 6.54 Å². The van der Waals surface area contributed by atoms with Crippen LogP contribution in [0.25, 0.3) is 0 Å². The molecule has 5 heteroatoms. The van der Waals surface area contributed by atoms with Gasteiger partial charge in [0.05, 0.1) is 0 Å². The Labute approximate surface area is 108 Å². The number of amidine groups is 1. The Hall–Kier alpha value is -1.26. The minimum Gasteiger partial charge on any atom is -0.409 e. The molecule has 0 aliphatic heterocycles. The number of rotatable bonds is 4. The zero-order valence-corrected chi connectivity index (χ0v) is 11.0. The van der Waals surface area contributed by atoms with E-state index in [0.29, 0.717) is 18.8 Å². The standard InChI is InChI=1S/C13H23N3O2/c1-9-2-4-10(5-3-9)8-15-12(17)13(6-7-13)11(14)16-18/h9-10,18H,2-8H2,1H3,(H2,14,16)(H,15,17). The first-order chi connectivity index (χ1) is 8.58. The molecule has 0 aromatic rings. The van der Waals surface area contributed by atoms with Gasteiger partial charge in [-0.3, -0.25) is 4.79 Å². The lowest BCUT2D eigenvalue weighted by molar-refractivity contribution is -0.124. The van der Waals surface area contributed by atoms with E-state index in [1.165, 1.54) is 25.7 Å². The lowest BCUT2D eigenvalue weighted by Crippen LogP contribution is -2.42. The quantitative estimate of drug-likeness (QED) is 0.307. The molecule has 2 fully saturated rings. The number of nitrogens with one attached hydrogen (secondary N) is 1. The summed E-state index contributed by atoms with van der Waals surface area (Å²) < 4.78 is 0. The highest BCUT2D eigenvalue weighted by molar-refractivity contribution is 6.09. The van der Waals surface area contributed by atoms with Crippen LogP contribution >= 0.6 is 0 Å². The SMILES string of the molecule is CC1CCC(CNC(=O)C2(C(N)=NO)CC2)CC1. The number of hydrogen-bond donors (Lipinski definition) is 3. The molecule has 0 unspecified atom stereocenters. The first-order valence-electron chi connectivity index (χ1n) is 6.85. The summed E-state index contributed by atoms with van der Waals surface area (Å²) >= 11 is 0. The molecule has 18 heavy (non-hydrogen) atoms. The second kappa shape index (κ2) is 5.16. The van der Waals surface area contributed by atoms with Crippen LogP contribution in [0.2, 0.25) is 0 Å². The summed E-state index contributed by atoms with van der Waals surface area (Å²) in [4.78, 5) is 12.1. The Morgan fingerprint density at radius 2 is 2.00 bits per heavy atom. The molecule has 0 heterocycles. The summed E-state index contributed by atoms with van der Waals surface area (Å²) in [6, 6.07) is 0. The molecule has 0 bridgehead atoms. The molecule has 102 valence electrons. The van der Waals surface area contributed by atoms with Crippen molar-refractivity contribution in [3.63, 3.8) is 0 Å². The van der Waals surface area contributed by atoms with Gasteiger partial charge < -0.3 is 16.3 Å². The molecule has 4 N–H and O–H groups in total. The van der Waals surface area contributed by atoms with Gasteiger partial charge in [-0.25, -0.2) is 0 Å². The summed E-state index contributed by atoms with van der Waals surface area (Å²) in [5.41, 5.74) is 4.87. The molecule has 2 rings (SSSR count). The molecule has 0 aromatic heterocycles. The van der Waals surface area contributed by atoms with E-state index in [1.54, 1.807) is 0 Å². The maximum Gasteiger partial charge on any atom is 0.233 e. The molecular weight excluding hydrogens is 230 g/mol. The topological polar surface area (TPSA) is 87.7 Å². The van der Waals surface area contributed by atoms with Gasteiger partial charge in [-0.15, -0.1) is 0 Å². The van der Waals surface area contributed by atoms with Gasteiger partial charge in [0.2, 0.25) is 5.91 Å². The number of carbonyl (C=O) groups is 1. The molecule has 2 saturated carbocycles. The average molecular weight is 253 g/mol. The van der Waals surface area contributed by atoms with E-state index in [9.17, 15) is 4.79 Å².